The number of H-pyrrole nitrogens is 1. The minimum absolute atomic E-state index is 0.219. The van der Waals surface area contributed by atoms with Crippen LogP contribution in [-0.2, 0) is 6.54 Å². The molecule has 122 valence electrons. The number of amides is 1. The summed E-state index contributed by atoms with van der Waals surface area (Å²) >= 11 is 0. The number of pyridine rings is 1. The number of anilines is 1. The van der Waals surface area contributed by atoms with Gasteiger partial charge in [0.15, 0.2) is 5.82 Å². The van der Waals surface area contributed by atoms with Crippen LogP contribution in [0.1, 0.15) is 22.1 Å². The Morgan fingerprint density at radius 2 is 2.04 bits per heavy atom. The van der Waals surface area contributed by atoms with Gasteiger partial charge in [-0.1, -0.05) is 6.07 Å². The van der Waals surface area contributed by atoms with Crippen molar-refractivity contribution >= 4 is 11.7 Å². The molecule has 8 heteroatoms. The zero-order valence-corrected chi connectivity index (χ0v) is 13.4. The molecule has 0 aromatic carbocycles. The van der Waals surface area contributed by atoms with Crippen LogP contribution in [0.4, 0.5) is 5.82 Å². The average molecular weight is 315 g/mol. The molecule has 1 aliphatic heterocycles. The highest BCUT2D eigenvalue weighted by Crippen LogP contribution is 2.13. The van der Waals surface area contributed by atoms with Crippen molar-refractivity contribution in [1.82, 2.24) is 30.4 Å². The van der Waals surface area contributed by atoms with E-state index in [-0.39, 0.29) is 12.5 Å². The maximum Gasteiger partial charge on any atom is 0.270 e. The number of aromatic nitrogens is 4. The zero-order chi connectivity index (χ0) is 16.2. The number of piperazine rings is 1. The van der Waals surface area contributed by atoms with Crippen molar-refractivity contribution in [2.75, 3.05) is 38.1 Å². The van der Waals surface area contributed by atoms with Crippen LogP contribution in [0.5, 0.6) is 0 Å². The number of carbonyl (C=O) groups is 1. The lowest BCUT2D eigenvalue weighted by atomic mass is 10.3. The first-order valence-corrected chi connectivity index (χ1v) is 7.68. The van der Waals surface area contributed by atoms with Gasteiger partial charge in [0.25, 0.3) is 5.91 Å². The number of rotatable bonds is 4. The van der Waals surface area contributed by atoms with Crippen molar-refractivity contribution in [2.24, 2.45) is 0 Å². The van der Waals surface area contributed by atoms with Crippen LogP contribution in [-0.4, -0.2) is 64.2 Å². The SMILES string of the molecule is Cc1nc(CNC(=O)c2cccc(N3CCN(C)CC3)n2)n[nH]1. The Bertz CT molecular complexity index is 676. The molecule has 2 aromatic rings. The van der Waals surface area contributed by atoms with E-state index in [2.05, 4.69) is 42.3 Å². The average Bonchev–Trinajstić information content (AvgIpc) is 2.99. The highest BCUT2D eigenvalue weighted by molar-refractivity contribution is 5.92. The van der Waals surface area contributed by atoms with Crippen LogP contribution < -0.4 is 10.2 Å². The highest BCUT2D eigenvalue weighted by Gasteiger charge is 2.17. The molecule has 0 radical (unpaired) electrons. The van der Waals surface area contributed by atoms with E-state index in [9.17, 15) is 4.79 Å². The summed E-state index contributed by atoms with van der Waals surface area (Å²) in [4.78, 5) is 25.4. The van der Waals surface area contributed by atoms with Gasteiger partial charge >= 0.3 is 0 Å². The monoisotopic (exact) mass is 315 g/mol. The predicted molar refractivity (Wildman–Crippen MR) is 86.2 cm³/mol. The number of hydrogen-bond donors (Lipinski definition) is 2. The molecule has 0 spiro atoms. The van der Waals surface area contributed by atoms with Crippen molar-refractivity contribution in [3.8, 4) is 0 Å². The van der Waals surface area contributed by atoms with Gasteiger partial charge < -0.3 is 15.1 Å². The van der Waals surface area contributed by atoms with Crippen LogP contribution in [0.2, 0.25) is 0 Å². The molecule has 1 aliphatic rings. The minimum atomic E-state index is -0.219. The molecule has 2 N–H and O–H groups in total. The second-order valence-corrected chi connectivity index (χ2v) is 5.69. The van der Waals surface area contributed by atoms with Gasteiger partial charge in [-0.05, 0) is 26.1 Å². The smallest absolute Gasteiger partial charge is 0.270 e. The summed E-state index contributed by atoms with van der Waals surface area (Å²) in [5, 5.41) is 9.54. The van der Waals surface area contributed by atoms with Gasteiger partial charge in [-0.15, -0.1) is 0 Å². The van der Waals surface area contributed by atoms with Crippen molar-refractivity contribution in [2.45, 2.75) is 13.5 Å². The number of carbonyl (C=O) groups excluding carboxylic acids is 1. The fraction of sp³-hybridized carbons (Fsp3) is 0.467. The Hall–Kier alpha value is -2.48. The van der Waals surface area contributed by atoms with Gasteiger partial charge in [0.2, 0.25) is 0 Å². The quantitative estimate of drug-likeness (QED) is 0.837. The molecule has 0 saturated carbocycles. The van der Waals surface area contributed by atoms with Crippen molar-refractivity contribution in [1.29, 1.82) is 0 Å². The number of nitrogens with one attached hydrogen (secondary N) is 2. The molecule has 0 atom stereocenters. The lowest BCUT2D eigenvalue weighted by molar-refractivity contribution is 0.0945. The van der Waals surface area contributed by atoms with E-state index >= 15 is 0 Å². The first kappa shape index (κ1) is 15.4. The van der Waals surface area contributed by atoms with Gasteiger partial charge in [0, 0.05) is 26.2 Å². The topological polar surface area (TPSA) is 90.0 Å². The summed E-state index contributed by atoms with van der Waals surface area (Å²) in [6, 6.07) is 5.53. The first-order chi connectivity index (χ1) is 11.1. The summed E-state index contributed by atoms with van der Waals surface area (Å²) in [7, 11) is 2.11. The molecule has 1 amide bonds. The summed E-state index contributed by atoms with van der Waals surface area (Å²) in [5.41, 5.74) is 0.411. The van der Waals surface area contributed by atoms with Crippen molar-refractivity contribution in [3.05, 3.63) is 35.5 Å². The van der Waals surface area contributed by atoms with E-state index in [1.54, 1.807) is 6.07 Å². The summed E-state index contributed by atoms with van der Waals surface area (Å²) in [6.45, 7) is 5.95. The Kier molecular flexibility index (Phi) is 4.52. The molecule has 0 unspecified atom stereocenters. The van der Waals surface area contributed by atoms with Gasteiger partial charge in [-0.2, -0.15) is 5.10 Å². The Balaban J connectivity index is 1.63. The van der Waals surface area contributed by atoms with Crippen molar-refractivity contribution in [3.63, 3.8) is 0 Å². The predicted octanol–water partition coefficient (Wildman–Crippen LogP) is 0.190. The van der Waals surface area contributed by atoms with E-state index in [0.717, 1.165) is 37.8 Å². The van der Waals surface area contributed by atoms with Gasteiger partial charge in [-0.3, -0.25) is 9.89 Å². The largest absolute Gasteiger partial charge is 0.354 e. The van der Waals surface area contributed by atoms with Gasteiger partial charge in [-0.25, -0.2) is 9.97 Å². The van der Waals surface area contributed by atoms with E-state index in [0.29, 0.717) is 11.5 Å². The number of aromatic amines is 1. The second kappa shape index (κ2) is 6.74. The molecule has 3 rings (SSSR count). The molecule has 0 bridgehead atoms. The van der Waals surface area contributed by atoms with Crippen LogP contribution in [0.15, 0.2) is 18.2 Å². The summed E-state index contributed by atoms with van der Waals surface area (Å²) in [6.07, 6.45) is 0. The number of aryl methyl sites for hydroxylation is 1. The second-order valence-electron chi connectivity index (χ2n) is 5.69. The Morgan fingerprint density at radius 1 is 1.26 bits per heavy atom. The molecule has 1 fully saturated rings. The molecule has 3 heterocycles. The first-order valence-electron chi connectivity index (χ1n) is 7.68. The van der Waals surface area contributed by atoms with Crippen LogP contribution in [0.25, 0.3) is 0 Å². The van der Waals surface area contributed by atoms with Crippen LogP contribution in [0.3, 0.4) is 0 Å². The summed E-state index contributed by atoms with van der Waals surface area (Å²) < 4.78 is 0. The third kappa shape index (κ3) is 3.84. The molecular weight excluding hydrogens is 294 g/mol. The maximum atomic E-state index is 12.2. The molecular formula is C15H21N7O. The fourth-order valence-corrected chi connectivity index (χ4v) is 2.48. The van der Waals surface area contributed by atoms with E-state index in [4.69, 9.17) is 0 Å². The van der Waals surface area contributed by atoms with Gasteiger partial charge in [0.05, 0.1) is 6.54 Å². The molecule has 8 nitrogen and oxygen atoms in total. The van der Waals surface area contributed by atoms with E-state index in [1.165, 1.54) is 0 Å². The molecule has 23 heavy (non-hydrogen) atoms. The number of hydrogen-bond acceptors (Lipinski definition) is 6. The zero-order valence-electron chi connectivity index (χ0n) is 13.4. The molecule has 2 aromatic heterocycles. The fourth-order valence-electron chi connectivity index (χ4n) is 2.48. The number of nitrogens with zero attached hydrogens (tertiary/aromatic N) is 5. The third-order valence-corrected chi connectivity index (χ3v) is 3.84. The normalized spacial score (nSPS) is 15.7. The van der Waals surface area contributed by atoms with E-state index < -0.39 is 0 Å². The van der Waals surface area contributed by atoms with E-state index in [1.807, 2.05) is 19.1 Å². The minimum Gasteiger partial charge on any atom is -0.354 e. The summed E-state index contributed by atoms with van der Waals surface area (Å²) in [5.74, 6) is 1.92. The van der Waals surface area contributed by atoms with Gasteiger partial charge in [0.1, 0.15) is 17.3 Å². The number of likely N-dealkylation sites (N-methyl/N-ethyl adjacent to an activating group) is 1. The van der Waals surface area contributed by atoms with Crippen LogP contribution >= 0.6 is 0 Å². The lowest BCUT2D eigenvalue weighted by Crippen LogP contribution is -2.45. The maximum absolute atomic E-state index is 12.2. The lowest BCUT2D eigenvalue weighted by Gasteiger charge is -2.33. The molecule has 0 aliphatic carbocycles. The van der Waals surface area contributed by atoms with Crippen LogP contribution in [0, 0.1) is 6.92 Å². The Labute approximate surface area is 134 Å². The third-order valence-electron chi connectivity index (χ3n) is 3.84. The molecule has 1 saturated heterocycles. The standard InChI is InChI=1S/C15H21N7O/c1-11-17-13(20-19-11)10-16-15(23)12-4-3-5-14(18-12)22-8-6-21(2)7-9-22/h3-5H,6-10H2,1-2H3,(H,16,23)(H,17,19,20). The highest BCUT2D eigenvalue weighted by atomic mass is 16.1. The van der Waals surface area contributed by atoms with Crippen molar-refractivity contribution < 1.29 is 4.79 Å². The Morgan fingerprint density at radius 3 is 2.74 bits per heavy atom.